The molecule has 0 fully saturated rings. The second-order valence-corrected chi connectivity index (χ2v) is 5.56. The van der Waals surface area contributed by atoms with Gasteiger partial charge in [-0.2, -0.15) is 0 Å². The van der Waals surface area contributed by atoms with Crippen molar-refractivity contribution in [2.75, 3.05) is 7.05 Å². The Bertz CT molecular complexity index is 606. The highest BCUT2D eigenvalue weighted by Crippen LogP contribution is 2.27. The molecule has 0 aromatic heterocycles. The van der Waals surface area contributed by atoms with Gasteiger partial charge in [0.15, 0.2) is 0 Å². The van der Waals surface area contributed by atoms with E-state index >= 15 is 0 Å². The van der Waals surface area contributed by atoms with E-state index in [9.17, 15) is 8.78 Å². The molecule has 2 aromatic carbocycles. The number of aryl methyl sites for hydroxylation is 3. The van der Waals surface area contributed by atoms with Crippen LogP contribution in [0.25, 0.3) is 0 Å². The number of nitrogens with one attached hydrogen (secondary N) is 1. The molecule has 2 rings (SSSR count). The Morgan fingerprint density at radius 1 is 1.00 bits per heavy atom. The highest BCUT2D eigenvalue weighted by atomic mass is 19.1. The first kappa shape index (κ1) is 15.6. The molecule has 0 saturated carbocycles. The molecule has 1 unspecified atom stereocenters. The van der Waals surface area contributed by atoms with Crippen LogP contribution in [0.1, 0.15) is 33.9 Å². The van der Waals surface area contributed by atoms with E-state index in [1.54, 1.807) is 0 Å². The summed E-state index contributed by atoms with van der Waals surface area (Å²) in [4.78, 5) is 0. The van der Waals surface area contributed by atoms with Crippen molar-refractivity contribution in [2.24, 2.45) is 0 Å². The summed E-state index contributed by atoms with van der Waals surface area (Å²) in [5.41, 5.74) is 4.73. The van der Waals surface area contributed by atoms with E-state index in [1.807, 2.05) is 20.9 Å². The Kier molecular flexibility index (Phi) is 4.73. The monoisotopic (exact) mass is 289 g/mol. The number of benzene rings is 2. The van der Waals surface area contributed by atoms with Crippen molar-refractivity contribution in [3.05, 3.63) is 69.8 Å². The molecule has 1 N–H and O–H groups in total. The van der Waals surface area contributed by atoms with E-state index in [1.165, 1.54) is 23.8 Å². The zero-order valence-electron chi connectivity index (χ0n) is 12.9. The van der Waals surface area contributed by atoms with E-state index in [0.717, 1.165) is 16.7 Å². The second-order valence-electron chi connectivity index (χ2n) is 5.56. The summed E-state index contributed by atoms with van der Waals surface area (Å²) < 4.78 is 27.7. The Balaban J connectivity index is 2.42. The molecule has 2 aromatic rings. The molecule has 0 amide bonds. The van der Waals surface area contributed by atoms with Crippen LogP contribution in [-0.4, -0.2) is 7.05 Å². The molecule has 0 aliphatic carbocycles. The molecule has 0 aliphatic heterocycles. The fourth-order valence-corrected chi connectivity index (χ4v) is 3.02. The van der Waals surface area contributed by atoms with E-state index in [2.05, 4.69) is 24.4 Å². The third kappa shape index (κ3) is 3.30. The van der Waals surface area contributed by atoms with Gasteiger partial charge in [-0.15, -0.1) is 0 Å². The van der Waals surface area contributed by atoms with Gasteiger partial charge in [-0.25, -0.2) is 8.78 Å². The number of halogens is 2. The molecule has 1 nitrogen and oxygen atoms in total. The van der Waals surface area contributed by atoms with E-state index in [0.29, 0.717) is 6.42 Å². The largest absolute Gasteiger partial charge is 0.313 e. The Hall–Kier alpha value is -1.74. The van der Waals surface area contributed by atoms with Gasteiger partial charge in [0.25, 0.3) is 0 Å². The number of likely N-dealkylation sites (N-methyl/N-ethyl adjacent to an activating group) is 1. The lowest BCUT2D eigenvalue weighted by Gasteiger charge is -2.22. The van der Waals surface area contributed by atoms with E-state index in [4.69, 9.17) is 0 Å². The lowest BCUT2D eigenvalue weighted by atomic mass is 9.90. The van der Waals surface area contributed by atoms with Crippen molar-refractivity contribution < 1.29 is 8.78 Å². The fourth-order valence-electron chi connectivity index (χ4n) is 3.02. The van der Waals surface area contributed by atoms with Crippen LogP contribution in [0, 0.1) is 32.4 Å². The van der Waals surface area contributed by atoms with Gasteiger partial charge in [0, 0.05) is 11.6 Å². The minimum Gasteiger partial charge on any atom is -0.313 e. The Morgan fingerprint density at radius 2 is 1.52 bits per heavy atom. The van der Waals surface area contributed by atoms with Crippen LogP contribution in [0.2, 0.25) is 0 Å². The van der Waals surface area contributed by atoms with Crippen LogP contribution >= 0.6 is 0 Å². The summed E-state index contributed by atoms with van der Waals surface area (Å²) in [7, 11) is 1.82. The standard InChI is InChI=1S/C18H21F2N/c1-11-8-12(2)18(13(3)9-11)17(21-4)10-14-15(19)6-5-7-16(14)20/h5-9,17,21H,10H2,1-4H3. The van der Waals surface area contributed by atoms with Gasteiger partial charge in [-0.05, 0) is 63.1 Å². The van der Waals surface area contributed by atoms with Crippen molar-refractivity contribution in [1.29, 1.82) is 0 Å². The number of hydrogen-bond donors (Lipinski definition) is 1. The minimum absolute atomic E-state index is 0.114. The molecule has 112 valence electrons. The molecule has 0 heterocycles. The lowest BCUT2D eigenvalue weighted by molar-refractivity contribution is 0.513. The number of rotatable bonds is 4. The Labute approximate surface area is 125 Å². The summed E-state index contributed by atoms with van der Waals surface area (Å²) in [5, 5.41) is 3.19. The lowest BCUT2D eigenvalue weighted by Crippen LogP contribution is -2.22. The van der Waals surface area contributed by atoms with Gasteiger partial charge in [0.2, 0.25) is 0 Å². The smallest absolute Gasteiger partial charge is 0.129 e. The third-order valence-electron chi connectivity index (χ3n) is 3.90. The predicted octanol–water partition coefficient (Wildman–Crippen LogP) is 4.39. The number of hydrogen-bond acceptors (Lipinski definition) is 1. The molecule has 1 atom stereocenters. The summed E-state index contributed by atoms with van der Waals surface area (Å²) in [6.07, 6.45) is 0.291. The molecular formula is C18H21F2N. The first-order chi connectivity index (χ1) is 9.93. The highest BCUT2D eigenvalue weighted by Gasteiger charge is 2.19. The van der Waals surface area contributed by atoms with Crippen LogP contribution in [0.3, 0.4) is 0 Å². The van der Waals surface area contributed by atoms with Crippen LogP contribution < -0.4 is 5.32 Å². The molecule has 0 radical (unpaired) electrons. The zero-order chi connectivity index (χ0) is 15.6. The molecule has 0 bridgehead atoms. The van der Waals surface area contributed by atoms with Crippen molar-refractivity contribution in [2.45, 2.75) is 33.2 Å². The average Bonchev–Trinajstić information content (AvgIpc) is 2.39. The van der Waals surface area contributed by atoms with Crippen molar-refractivity contribution in [3.63, 3.8) is 0 Å². The van der Waals surface area contributed by atoms with Crippen molar-refractivity contribution >= 4 is 0 Å². The van der Waals surface area contributed by atoms with Gasteiger partial charge < -0.3 is 5.32 Å². The van der Waals surface area contributed by atoms with Gasteiger partial charge in [-0.1, -0.05) is 23.8 Å². The minimum atomic E-state index is -0.488. The van der Waals surface area contributed by atoms with Crippen molar-refractivity contribution in [3.8, 4) is 0 Å². The SMILES string of the molecule is CNC(Cc1c(F)cccc1F)c1c(C)cc(C)cc1C. The molecule has 0 aliphatic rings. The zero-order valence-corrected chi connectivity index (χ0v) is 12.9. The maximum Gasteiger partial charge on any atom is 0.129 e. The summed E-state index contributed by atoms with van der Waals surface area (Å²) in [6, 6.07) is 8.09. The molecule has 21 heavy (non-hydrogen) atoms. The van der Waals surface area contributed by atoms with Gasteiger partial charge in [-0.3, -0.25) is 0 Å². The molecule has 0 spiro atoms. The quantitative estimate of drug-likeness (QED) is 0.880. The summed E-state index contributed by atoms with van der Waals surface area (Å²) in [5.74, 6) is -0.977. The second kappa shape index (κ2) is 6.35. The molecule has 3 heteroatoms. The van der Waals surface area contributed by atoms with E-state index < -0.39 is 11.6 Å². The highest BCUT2D eigenvalue weighted by molar-refractivity contribution is 5.40. The fraction of sp³-hybridized carbons (Fsp3) is 0.333. The first-order valence-corrected chi connectivity index (χ1v) is 7.12. The van der Waals surface area contributed by atoms with Crippen LogP contribution in [0.5, 0.6) is 0 Å². The van der Waals surface area contributed by atoms with Crippen molar-refractivity contribution in [1.82, 2.24) is 5.32 Å². The normalized spacial score (nSPS) is 12.5. The summed E-state index contributed by atoms with van der Waals surface area (Å²) >= 11 is 0. The molecule has 0 saturated heterocycles. The van der Waals surface area contributed by atoms with Gasteiger partial charge in [0.05, 0.1) is 0 Å². The van der Waals surface area contributed by atoms with Crippen LogP contribution in [0.4, 0.5) is 8.78 Å². The first-order valence-electron chi connectivity index (χ1n) is 7.12. The third-order valence-corrected chi connectivity index (χ3v) is 3.90. The van der Waals surface area contributed by atoms with Crippen LogP contribution in [0.15, 0.2) is 30.3 Å². The van der Waals surface area contributed by atoms with E-state index in [-0.39, 0.29) is 11.6 Å². The molecular weight excluding hydrogens is 268 g/mol. The Morgan fingerprint density at radius 3 is 2.00 bits per heavy atom. The predicted molar refractivity (Wildman–Crippen MR) is 82.5 cm³/mol. The summed E-state index contributed by atoms with van der Waals surface area (Å²) in [6.45, 7) is 6.13. The maximum absolute atomic E-state index is 13.9. The van der Waals surface area contributed by atoms with Crippen LogP contribution in [-0.2, 0) is 6.42 Å². The van der Waals surface area contributed by atoms with Gasteiger partial charge in [0.1, 0.15) is 11.6 Å². The maximum atomic E-state index is 13.9. The van der Waals surface area contributed by atoms with Gasteiger partial charge >= 0.3 is 0 Å². The topological polar surface area (TPSA) is 12.0 Å². The average molecular weight is 289 g/mol.